The van der Waals surface area contributed by atoms with Gasteiger partial charge in [0.1, 0.15) is 5.82 Å². The fourth-order valence-corrected chi connectivity index (χ4v) is 2.29. The van der Waals surface area contributed by atoms with Crippen molar-refractivity contribution in [1.29, 1.82) is 0 Å². The molecule has 6 heteroatoms. The Hall–Kier alpha value is -2.21. The Labute approximate surface area is 129 Å². The molecule has 0 bridgehead atoms. The van der Waals surface area contributed by atoms with Crippen molar-refractivity contribution in [2.45, 2.75) is 6.54 Å². The number of rotatable bonds is 4. The number of nitrogens with one attached hydrogen (secondary N) is 1. The fraction of sp³-hybridized carbons (Fsp3) is 0.0667. The number of anilines is 1. The number of aromatic nitrogens is 3. The summed E-state index contributed by atoms with van der Waals surface area (Å²) in [4.78, 5) is 4.33. The molecule has 0 aliphatic carbocycles. The summed E-state index contributed by atoms with van der Waals surface area (Å²) in [6.07, 6.45) is 5.26. The smallest absolute Gasteiger partial charge is 0.153 e. The largest absolute Gasteiger partial charge is 0.380 e. The Morgan fingerprint density at radius 1 is 1.24 bits per heavy atom. The minimum Gasteiger partial charge on any atom is -0.380 e. The van der Waals surface area contributed by atoms with Crippen LogP contribution in [0.2, 0.25) is 0 Å². The SMILES string of the molecule is Fc1ccc(Br)c(CNc2ccc(-n3cccn3)nc2)c1. The molecule has 0 spiro atoms. The van der Waals surface area contributed by atoms with E-state index in [0.717, 1.165) is 21.5 Å². The van der Waals surface area contributed by atoms with Gasteiger partial charge in [0.2, 0.25) is 0 Å². The van der Waals surface area contributed by atoms with Gasteiger partial charge < -0.3 is 5.32 Å². The third-order valence-electron chi connectivity index (χ3n) is 2.98. The fourth-order valence-electron chi connectivity index (χ4n) is 1.91. The topological polar surface area (TPSA) is 42.7 Å². The van der Waals surface area contributed by atoms with Crippen molar-refractivity contribution in [2.75, 3.05) is 5.32 Å². The average Bonchev–Trinajstić information content (AvgIpc) is 3.03. The van der Waals surface area contributed by atoms with Crippen LogP contribution in [-0.2, 0) is 6.54 Å². The molecular weight excluding hydrogens is 335 g/mol. The van der Waals surface area contributed by atoms with Crippen LogP contribution in [0.1, 0.15) is 5.56 Å². The normalized spacial score (nSPS) is 10.6. The van der Waals surface area contributed by atoms with Crippen LogP contribution in [0.25, 0.3) is 5.82 Å². The summed E-state index contributed by atoms with van der Waals surface area (Å²) in [5.41, 5.74) is 1.72. The first-order chi connectivity index (χ1) is 10.2. The molecule has 0 aliphatic rings. The Kier molecular flexibility index (Phi) is 3.96. The van der Waals surface area contributed by atoms with Gasteiger partial charge in [-0.2, -0.15) is 5.10 Å². The molecule has 3 rings (SSSR count). The number of nitrogens with zero attached hydrogens (tertiary/aromatic N) is 3. The van der Waals surface area contributed by atoms with Gasteiger partial charge in [0, 0.05) is 23.4 Å². The first kappa shape index (κ1) is 13.8. The van der Waals surface area contributed by atoms with Crippen molar-refractivity contribution in [2.24, 2.45) is 0 Å². The number of halogens is 2. The molecule has 2 aromatic heterocycles. The highest BCUT2D eigenvalue weighted by molar-refractivity contribution is 9.10. The van der Waals surface area contributed by atoms with Gasteiger partial charge in [0.25, 0.3) is 0 Å². The zero-order valence-electron chi connectivity index (χ0n) is 11.0. The van der Waals surface area contributed by atoms with E-state index < -0.39 is 0 Å². The summed E-state index contributed by atoms with van der Waals surface area (Å²) in [5.74, 6) is 0.500. The highest BCUT2D eigenvalue weighted by Crippen LogP contribution is 2.19. The van der Waals surface area contributed by atoms with E-state index in [1.807, 2.05) is 24.4 Å². The van der Waals surface area contributed by atoms with Gasteiger partial charge in [-0.25, -0.2) is 14.1 Å². The van der Waals surface area contributed by atoms with Gasteiger partial charge >= 0.3 is 0 Å². The van der Waals surface area contributed by atoms with Crippen LogP contribution in [0, 0.1) is 5.82 Å². The molecule has 0 aliphatic heterocycles. The number of pyridine rings is 1. The number of hydrogen-bond donors (Lipinski definition) is 1. The molecule has 21 heavy (non-hydrogen) atoms. The second-order valence-electron chi connectivity index (χ2n) is 4.44. The number of hydrogen-bond acceptors (Lipinski definition) is 3. The van der Waals surface area contributed by atoms with Crippen molar-refractivity contribution in [1.82, 2.24) is 14.8 Å². The zero-order valence-corrected chi connectivity index (χ0v) is 12.6. The quantitative estimate of drug-likeness (QED) is 0.781. The summed E-state index contributed by atoms with van der Waals surface area (Å²) in [6.45, 7) is 0.515. The Balaban J connectivity index is 1.70. The van der Waals surface area contributed by atoms with E-state index in [1.165, 1.54) is 12.1 Å². The molecule has 0 unspecified atom stereocenters. The van der Waals surface area contributed by atoms with E-state index in [1.54, 1.807) is 23.1 Å². The van der Waals surface area contributed by atoms with Crippen LogP contribution in [0.15, 0.2) is 59.5 Å². The van der Waals surface area contributed by atoms with E-state index in [2.05, 4.69) is 31.3 Å². The second kappa shape index (κ2) is 6.05. The monoisotopic (exact) mass is 346 g/mol. The first-order valence-corrected chi connectivity index (χ1v) is 7.15. The van der Waals surface area contributed by atoms with Crippen molar-refractivity contribution < 1.29 is 4.39 Å². The maximum Gasteiger partial charge on any atom is 0.153 e. The molecule has 1 aromatic carbocycles. The van der Waals surface area contributed by atoms with Crippen molar-refractivity contribution in [3.8, 4) is 5.82 Å². The highest BCUT2D eigenvalue weighted by atomic mass is 79.9. The van der Waals surface area contributed by atoms with Crippen LogP contribution >= 0.6 is 15.9 Å². The van der Waals surface area contributed by atoms with E-state index in [4.69, 9.17) is 0 Å². The molecule has 4 nitrogen and oxygen atoms in total. The lowest BCUT2D eigenvalue weighted by atomic mass is 10.2. The molecule has 0 radical (unpaired) electrons. The van der Waals surface area contributed by atoms with E-state index >= 15 is 0 Å². The Bertz CT molecular complexity index is 726. The average molecular weight is 347 g/mol. The van der Waals surface area contributed by atoms with Crippen molar-refractivity contribution >= 4 is 21.6 Å². The predicted molar refractivity (Wildman–Crippen MR) is 82.8 cm³/mol. The lowest BCUT2D eigenvalue weighted by molar-refractivity contribution is 0.625. The molecule has 0 fully saturated rings. The molecule has 0 saturated carbocycles. The van der Waals surface area contributed by atoms with Crippen LogP contribution in [0.5, 0.6) is 0 Å². The molecular formula is C15H12BrFN4. The molecule has 106 valence electrons. The van der Waals surface area contributed by atoms with Crippen LogP contribution in [0.4, 0.5) is 10.1 Å². The van der Waals surface area contributed by atoms with Gasteiger partial charge in [0.05, 0.1) is 11.9 Å². The zero-order chi connectivity index (χ0) is 14.7. The molecule has 3 aromatic rings. The summed E-state index contributed by atoms with van der Waals surface area (Å²) in [5, 5.41) is 7.33. The summed E-state index contributed by atoms with van der Waals surface area (Å²) in [7, 11) is 0. The van der Waals surface area contributed by atoms with E-state index in [9.17, 15) is 4.39 Å². The van der Waals surface area contributed by atoms with E-state index in [-0.39, 0.29) is 5.82 Å². The maximum atomic E-state index is 13.2. The van der Waals surface area contributed by atoms with Crippen molar-refractivity contribution in [3.63, 3.8) is 0 Å². The molecule has 0 saturated heterocycles. The summed E-state index contributed by atoms with van der Waals surface area (Å²) >= 11 is 3.41. The van der Waals surface area contributed by atoms with Gasteiger partial charge in [-0.1, -0.05) is 15.9 Å². The van der Waals surface area contributed by atoms with Gasteiger partial charge in [0.15, 0.2) is 5.82 Å². The van der Waals surface area contributed by atoms with Crippen LogP contribution in [0.3, 0.4) is 0 Å². The van der Waals surface area contributed by atoms with Gasteiger partial charge in [-0.3, -0.25) is 0 Å². The predicted octanol–water partition coefficient (Wildman–Crippen LogP) is 3.78. The maximum absolute atomic E-state index is 13.2. The molecule has 0 atom stereocenters. The van der Waals surface area contributed by atoms with E-state index in [0.29, 0.717) is 6.54 Å². The molecule has 2 heterocycles. The lowest BCUT2D eigenvalue weighted by Crippen LogP contribution is -2.03. The van der Waals surface area contributed by atoms with Crippen molar-refractivity contribution in [3.05, 3.63) is 70.8 Å². The Morgan fingerprint density at radius 2 is 2.14 bits per heavy atom. The Morgan fingerprint density at radius 3 is 2.86 bits per heavy atom. The lowest BCUT2D eigenvalue weighted by Gasteiger charge is -2.09. The van der Waals surface area contributed by atoms with Crippen LogP contribution in [-0.4, -0.2) is 14.8 Å². The molecule has 0 amide bonds. The van der Waals surface area contributed by atoms with Gasteiger partial charge in [-0.05, 0) is 42.0 Å². The standard InChI is InChI=1S/C15H12BrFN4/c16-14-4-2-12(17)8-11(14)9-18-13-3-5-15(19-10-13)21-7-1-6-20-21/h1-8,10,18H,9H2. The van der Waals surface area contributed by atoms with Gasteiger partial charge in [-0.15, -0.1) is 0 Å². The third-order valence-corrected chi connectivity index (χ3v) is 3.75. The molecule has 1 N–H and O–H groups in total. The number of benzene rings is 1. The summed E-state index contributed by atoms with van der Waals surface area (Å²) < 4.78 is 15.8. The highest BCUT2D eigenvalue weighted by Gasteiger charge is 2.03. The third kappa shape index (κ3) is 3.28. The minimum atomic E-state index is -0.248. The van der Waals surface area contributed by atoms with Crippen LogP contribution < -0.4 is 5.32 Å². The second-order valence-corrected chi connectivity index (χ2v) is 5.30. The minimum absolute atomic E-state index is 0.248. The summed E-state index contributed by atoms with van der Waals surface area (Å²) in [6, 6.07) is 10.3. The first-order valence-electron chi connectivity index (χ1n) is 6.36.